The topological polar surface area (TPSA) is 69.6 Å². The van der Waals surface area contributed by atoms with Crippen LogP contribution in [0.1, 0.15) is 0 Å². The second kappa shape index (κ2) is 13.0. The van der Waals surface area contributed by atoms with Crippen molar-refractivity contribution >= 4 is 43.7 Å². The van der Waals surface area contributed by atoms with Gasteiger partial charge in [0.1, 0.15) is 5.52 Å². The third-order valence-corrected chi connectivity index (χ3v) is 10.5. The summed E-state index contributed by atoms with van der Waals surface area (Å²) < 4.78 is 8.99. The van der Waals surface area contributed by atoms with Crippen molar-refractivity contribution in [3.05, 3.63) is 188 Å². The van der Waals surface area contributed by atoms with Crippen LogP contribution in [-0.4, -0.2) is 24.5 Å². The Morgan fingerprint density at radius 1 is 0.375 bits per heavy atom. The molecule has 0 N–H and O–H groups in total. The lowest BCUT2D eigenvalue weighted by atomic mass is 9.99. The lowest BCUT2D eigenvalue weighted by Gasteiger charge is -2.10. The minimum atomic E-state index is 0.614. The zero-order valence-corrected chi connectivity index (χ0v) is 30.0. The van der Waals surface area contributed by atoms with E-state index in [1.54, 1.807) is 0 Å². The smallest absolute Gasteiger partial charge is 0.227 e. The number of nitrogens with zero attached hydrogens (tertiary/aromatic N) is 5. The van der Waals surface area contributed by atoms with Gasteiger partial charge in [-0.3, -0.25) is 0 Å². The van der Waals surface area contributed by atoms with Gasteiger partial charge in [-0.2, -0.15) is 0 Å². The number of fused-ring (bicyclic) bond motifs is 7. The van der Waals surface area contributed by atoms with Crippen LogP contribution in [0.3, 0.4) is 0 Å². The van der Waals surface area contributed by atoms with Crippen molar-refractivity contribution in [1.29, 1.82) is 0 Å². The molecule has 0 aliphatic heterocycles. The summed E-state index contributed by atoms with van der Waals surface area (Å²) in [7, 11) is 0. The van der Waals surface area contributed by atoms with E-state index in [0.717, 1.165) is 82.7 Å². The first-order valence-corrected chi connectivity index (χ1v) is 18.6. The van der Waals surface area contributed by atoms with E-state index in [9.17, 15) is 0 Å². The average molecular weight is 718 g/mol. The van der Waals surface area contributed by atoms with Gasteiger partial charge in [-0.25, -0.2) is 19.9 Å². The van der Waals surface area contributed by atoms with Gasteiger partial charge in [0, 0.05) is 44.1 Å². The van der Waals surface area contributed by atoms with Crippen molar-refractivity contribution in [2.75, 3.05) is 0 Å². The number of rotatable bonds is 6. The van der Waals surface area contributed by atoms with Crippen LogP contribution in [0.25, 0.3) is 106 Å². The highest BCUT2D eigenvalue weighted by Crippen LogP contribution is 2.42. The number of para-hydroxylation sites is 1. The molecule has 3 aromatic heterocycles. The highest BCUT2D eigenvalue weighted by molar-refractivity contribution is 6.27. The summed E-state index contributed by atoms with van der Waals surface area (Å²) >= 11 is 0. The van der Waals surface area contributed by atoms with Gasteiger partial charge in [0.15, 0.2) is 23.1 Å². The molecule has 262 valence electrons. The first-order chi connectivity index (χ1) is 27.7. The van der Waals surface area contributed by atoms with Gasteiger partial charge < -0.3 is 8.98 Å². The largest absolute Gasteiger partial charge is 0.435 e. The molecule has 3 heterocycles. The highest BCUT2D eigenvalue weighted by Gasteiger charge is 2.20. The molecule has 0 bridgehead atoms. The predicted molar refractivity (Wildman–Crippen MR) is 226 cm³/mol. The Bertz CT molecular complexity index is 3150. The molecule has 8 aromatic carbocycles. The third kappa shape index (κ3) is 5.35. The number of hydrogen-bond donors (Lipinski definition) is 0. The lowest BCUT2D eigenvalue weighted by molar-refractivity contribution is 0.623. The normalized spacial score (nSPS) is 11.6. The van der Waals surface area contributed by atoms with Crippen molar-refractivity contribution < 1.29 is 4.42 Å². The van der Waals surface area contributed by atoms with Crippen molar-refractivity contribution in [2.24, 2.45) is 0 Å². The van der Waals surface area contributed by atoms with E-state index in [2.05, 4.69) is 102 Å². The minimum absolute atomic E-state index is 0.614. The summed E-state index contributed by atoms with van der Waals surface area (Å²) in [6, 6.07) is 64.6. The van der Waals surface area contributed by atoms with E-state index >= 15 is 0 Å². The fourth-order valence-corrected chi connectivity index (χ4v) is 7.79. The van der Waals surface area contributed by atoms with Crippen molar-refractivity contribution in [3.63, 3.8) is 0 Å². The van der Waals surface area contributed by atoms with E-state index < -0.39 is 0 Å². The summed E-state index contributed by atoms with van der Waals surface area (Å²) in [6.45, 7) is 0. The van der Waals surface area contributed by atoms with Crippen LogP contribution in [-0.2, 0) is 0 Å². The molecule has 0 unspecified atom stereocenters. The number of aromatic nitrogens is 5. The predicted octanol–water partition coefficient (Wildman–Crippen LogP) is 12.6. The Morgan fingerprint density at radius 3 is 1.50 bits per heavy atom. The number of benzene rings is 8. The molecule has 0 radical (unpaired) electrons. The first kappa shape index (κ1) is 31.8. The van der Waals surface area contributed by atoms with E-state index in [1.807, 2.05) is 91.0 Å². The average Bonchev–Trinajstić information content (AvgIpc) is 3.87. The molecule has 0 fully saturated rings. The molecule has 0 atom stereocenters. The molecule has 11 rings (SSSR count). The molecule has 6 nitrogen and oxygen atoms in total. The monoisotopic (exact) mass is 717 g/mol. The third-order valence-electron chi connectivity index (χ3n) is 10.5. The maximum Gasteiger partial charge on any atom is 0.227 e. The fraction of sp³-hybridized carbons (Fsp3) is 0. The first-order valence-electron chi connectivity index (χ1n) is 18.6. The minimum Gasteiger partial charge on any atom is -0.435 e. The lowest BCUT2D eigenvalue weighted by Crippen LogP contribution is -2.00. The molecule has 0 aliphatic carbocycles. The van der Waals surface area contributed by atoms with E-state index in [0.29, 0.717) is 23.4 Å². The SMILES string of the molecule is c1ccc(-c2nc(-c3ccccc3)nc(-c3ccc(-c4ccc5c(c4)c4c6c(ccc7nc(-c8ccccc8)oc76)ccc4n5-c4ccccc4)cc3)n2)cc1. The van der Waals surface area contributed by atoms with Gasteiger partial charge in [0.05, 0.1) is 11.0 Å². The van der Waals surface area contributed by atoms with Crippen molar-refractivity contribution in [1.82, 2.24) is 24.5 Å². The van der Waals surface area contributed by atoms with E-state index in [-0.39, 0.29) is 0 Å². The van der Waals surface area contributed by atoms with Crippen LogP contribution in [0.15, 0.2) is 192 Å². The zero-order valence-electron chi connectivity index (χ0n) is 30.0. The Kier molecular flexibility index (Phi) is 7.38. The van der Waals surface area contributed by atoms with Crippen LogP contribution in [0, 0.1) is 0 Å². The van der Waals surface area contributed by atoms with Gasteiger partial charge >= 0.3 is 0 Å². The van der Waals surface area contributed by atoms with Gasteiger partial charge in [0.2, 0.25) is 5.89 Å². The molecular weight excluding hydrogens is 687 g/mol. The van der Waals surface area contributed by atoms with Gasteiger partial charge in [0.25, 0.3) is 0 Å². The van der Waals surface area contributed by atoms with Crippen molar-refractivity contribution in [2.45, 2.75) is 0 Å². The van der Waals surface area contributed by atoms with Crippen LogP contribution in [0.4, 0.5) is 0 Å². The summed E-state index contributed by atoms with van der Waals surface area (Å²) in [5.74, 6) is 2.52. The Labute approximate surface area is 322 Å². The van der Waals surface area contributed by atoms with Gasteiger partial charge in [-0.1, -0.05) is 140 Å². The number of oxazole rings is 1. The second-order valence-electron chi connectivity index (χ2n) is 13.9. The zero-order chi connectivity index (χ0) is 37.0. The quantitative estimate of drug-likeness (QED) is 0.171. The maximum absolute atomic E-state index is 6.65. The van der Waals surface area contributed by atoms with Gasteiger partial charge in [-0.05, 0) is 65.0 Å². The Balaban J connectivity index is 1.08. The van der Waals surface area contributed by atoms with Crippen LogP contribution >= 0.6 is 0 Å². The fourth-order valence-electron chi connectivity index (χ4n) is 7.79. The summed E-state index contributed by atoms with van der Waals surface area (Å²) in [6.07, 6.45) is 0. The number of hydrogen-bond acceptors (Lipinski definition) is 5. The van der Waals surface area contributed by atoms with E-state index in [4.69, 9.17) is 24.4 Å². The molecule has 56 heavy (non-hydrogen) atoms. The molecule has 0 spiro atoms. The van der Waals surface area contributed by atoms with Gasteiger partial charge in [-0.15, -0.1) is 0 Å². The van der Waals surface area contributed by atoms with Crippen LogP contribution < -0.4 is 0 Å². The maximum atomic E-state index is 6.65. The van der Waals surface area contributed by atoms with Crippen LogP contribution in [0.5, 0.6) is 0 Å². The molecule has 0 saturated heterocycles. The molecule has 0 amide bonds. The Morgan fingerprint density at radius 2 is 0.875 bits per heavy atom. The van der Waals surface area contributed by atoms with Crippen molar-refractivity contribution in [3.8, 4) is 62.4 Å². The molecule has 6 heteroatoms. The standard InChI is InChI=1S/C50H31N5O/c1-5-13-34(14-6-1)47-52-48(35-15-7-2-8-16-35)54-49(53-47)36-23-21-32(22-24-36)38-27-29-42-40(31-38)45-43(55(42)39-19-11-4-12-20-39)30-26-33-25-28-41-46(44(33)45)56-50(51-41)37-17-9-3-10-18-37/h1-31H. The Hall–Kier alpha value is -7.70. The van der Waals surface area contributed by atoms with Crippen LogP contribution in [0.2, 0.25) is 0 Å². The molecule has 11 aromatic rings. The molecular formula is C50H31N5O. The summed E-state index contributed by atoms with van der Waals surface area (Å²) in [5.41, 5.74) is 10.9. The molecule has 0 aliphatic rings. The highest BCUT2D eigenvalue weighted by atomic mass is 16.3. The summed E-state index contributed by atoms with van der Waals surface area (Å²) in [5, 5.41) is 4.43. The summed E-state index contributed by atoms with van der Waals surface area (Å²) in [4.78, 5) is 19.7. The second-order valence-corrected chi connectivity index (χ2v) is 13.9. The molecule has 0 saturated carbocycles. The van der Waals surface area contributed by atoms with E-state index in [1.165, 1.54) is 0 Å².